The van der Waals surface area contributed by atoms with Gasteiger partial charge in [-0.2, -0.15) is 0 Å². The Balaban J connectivity index is 2.20. The summed E-state index contributed by atoms with van der Waals surface area (Å²) in [5, 5.41) is 7.43. The molecular formula is C15H18N4. The van der Waals surface area contributed by atoms with Gasteiger partial charge < -0.3 is 10.6 Å². The van der Waals surface area contributed by atoms with Crippen molar-refractivity contribution in [2.24, 2.45) is 5.73 Å². The van der Waals surface area contributed by atoms with Gasteiger partial charge in [0.2, 0.25) is 0 Å². The summed E-state index contributed by atoms with van der Waals surface area (Å²) in [6.07, 6.45) is 1.68. The minimum absolute atomic E-state index is 0.00820. The second-order valence-electron chi connectivity index (χ2n) is 4.60. The van der Waals surface area contributed by atoms with Crippen LogP contribution in [0.2, 0.25) is 0 Å². The Morgan fingerprint density at radius 1 is 1.32 bits per heavy atom. The normalized spacial score (nSPS) is 10.2. The maximum absolute atomic E-state index is 7.43. The van der Waals surface area contributed by atoms with E-state index >= 15 is 0 Å². The van der Waals surface area contributed by atoms with E-state index in [0.29, 0.717) is 5.69 Å². The maximum Gasteiger partial charge on any atom is 0.141 e. The fourth-order valence-corrected chi connectivity index (χ4v) is 1.94. The molecule has 0 aliphatic rings. The highest BCUT2D eigenvalue weighted by molar-refractivity contribution is 5.93. The van der Waals surface area contributed by atoms with E-state index in [1.807, 2.05) is 31.3 Å². The molecule has 0 spiro atoms. The number of anilines is 1. The molecule has 0 aliphatic carbocycles. The summed E-state index contributed by atoms with van der Waals surface area (Å²) in [5.41, 5.74) is 9.53. The van der Waals surface area contributed by atoms with E-state index in [0.717, 1.165) is 12.2 Å². The number of hydrogen-bond donors (Lipinski definition) is 2. The third-order valence-corrected chi connectivity index (χ3v) is 3.13. The number of hydrogen-bond acceptors (Lipinski definition) is 3. The lowest BCUT2D eigenvalue weighted by atomic mass is 10.1. The van der Waals surface area contributed by atoms with Crippen LogP contribution in [0, 0.1) is 12.3 Å². The average Bonchev–Trinajstić information content (AvgIpc) is 2.41. The molecule has 0 saturated heterocycles. The number of nitrogens with one attached hydrogen (secondary N) is 1. The quantitative estimate of drug-likeness (QED) is 0.650. The standard InChI is InChI=1S/C15H18N4/c1-11-5-3-4-6-12(11)10-19(2)13-7-8-18-14(9-13)15(16)17/h3-9H,10H2,1-2H3,(H3,16,17). The Labute approximate surface area is 113 Å². The van der Waals surface area contributed by atoms with Crippen LogP contribution in [-0.4, -0.2) is 17.9 Å². The van der Waals surface area contributed by atoms with Gasteiger partial charge in [0.15, 0.2) is 0 Å². The van der Waals surface area contributed by atoms with Gasteiger partial charge in [-0.15, -0.1) is 0 Å². The summed E-state index contributed by atoms with van der Waals surface area (Å²) in [7, 11) is 2.02. The van der Waals surface area contributed by atoms with Crippen molar-refractivity contribution in [1.82, 2.24) is 4.98 Å². The van der Waals surface area contributed by atoms with E-state index in [9.17, 15) is 0 Å². The highest BCUT2D eigenvalue weighted by Crippen LogP contribution is 2.17. The van der Waals surface area contributed by atoms with Gasteiger partial charge in [-0.3, -0.25) is 10.4 Å². The van der Waals surface area contributed by atoms with Gasteiger partial charge in [-0.1, -0.05) is 24.3 Å². The van der Waals surface area contributed by atoms with Gasteiger partial charge in [0.25, 0.3) is 0 Å². The first-order valence-corrected chi connectivity index (χ1v) is 6.14. The Morgan fingerprint density at radius 2 is 2.05 bits per heavy atom. The Kier molecular flexibility index (Phi) is 3.80. The number of aryl methyl sites for hydroxylation is 1. The van der Waals surface area contributed by atoms with Crippen LogP contribution < -0.4 is 10.6 Å². The molecule has 19 heavy (non-hydrogen) atoms. The lowest BCUT2D eigenvalue weighted by Crippen LogP contribution is -2.19. The molecule has 4 nitrogen and oxygen atoms in total. The van der Waals surface area contributed by atoms with Crippen molar-refractivity contribution in [2.45, 2.75) is 13.5 Å². The first kappa shape index (κ1) is 13.1. The molecule has 0 bridgehead atoms. The van der Waals surface area contributed by atoms with Gasteiger partial charge in [0.05, 0.1) is 0 Å². The minimum atomic E-state index is -0.00820. The molecule has 1 aromatic heterocycles. The second-order valence-corrected chi connectivity index (χ2v) is 4.60. The molecule has 0 amide bonds. The molecule has 0 saturated carbocycles. The summed E-state index contributed by atoms with van der Waals surface area (Å²) < 4.78 is 0. The van der Waals surface area contributed by atoms with Gasteiger partial charge in [-0.25, -0.2) is 0 Å². The predicted molar refractivity (Wildman–Crippen MR) is 78.5 cm³/mol. The number of rotatable bonds is 4. The maximum atomic E-state index is 7.43. The minimum Gasteiger partial charge on any atom is -0.382 e. The molecule has 2 rings (SSSR count). The van der Waals surface area contributed by atoms with Crippen LogP contribution in [0.15, 0.2) is 42.6 Å². The Morgan fingerprint density at radius 3 is 2.74 bits per heavy atom. The van der Waals surface area contributed by atoms with Gasteiger partial charge >= 0.3 is 0 Å². The van der Waals surface area contributed by atoms with E-state index in [2.05, 4.69) is 28.9 Å². The molecule has 1 aromatic carbocycles. The predicted octanol–water partition coefficient (Wildman–Crippen LogP) is 2.31. The van der Waals surface area contributed by atoms with Crippen molar-refractivity contribution < 1.29 is 0 Å². The summed E-state index contributed by atoms with van der Waals surface area (Å²) in [5.74, 6) is -0.00820. The summed E-state index contributed by atoms with van der Waals surface area (Å²) in [4.78, 5) is 6.19. The molecular weight excluding hydrogens is 236 g/mol. The van der Waals surface area contributed by atoms with E-state index < -0.39 is 0 Å². The number of nitrogens with two attached hydrogens (primary N) is 1. The molecule has 0 unspecified atom stereocenters. The molecule has 0 radical (unpaired) electrons. The zero-order valence-electron chi connectivity index (χ0n) is 11.2. The number of amidine groups is 1. The number of aromatic nitrogens is 1. The zero-order chi connectivity index (χ0) is 13.8. The van der Waals surface area contributed by atoms with Crippen molar-refractivity contribution in [3.63, 3.8) is 0 Å². The van der Waals surface area contributed by atoms with Crippen LogP contribution in [-0.2, 0) is 6.54 Å². The van der Waals surface area contributed by atoms with Gasteiger partial charge in [0, 0.05) is 25.5 Å². The van der Waals surface area contributed by atoms with Crippen molar-refractivity contribution >= 4 is 11.5 Å². The molecule has 4 heteroatoms. The van der Waals surface area contributed by atoms with Crippen LogP contribution in [0.5, 0.6) is 0 Å². The van der Waals surface area contributed by atoms with Crippen LogP contribution in [0.4, 0.5) is 5.69 Å². The fraction of sp³-hybridized carbons (Fsp3) is 0.200. The SMILES string of the molecule is Cc1ccccc1CN(C)c1ccnc(C(=N)N)c1. The highest BCUT2D eigenvalue weighted by atomic mass is 15.1. The van der Waals surface area contributed by atoms with Crippen LogP contribution >= 0.6 is 0 Å². The van der Waals surface area contributed by atoms with Gasteiger partial charge in [-0.05, 0) is 30.2 Å². The molecule has 98 valence electrons. The second kappa shape index (κ2) is 5.52. The number of nitrogens with zero attached hydrogens (tertiary/aromatic N) is 2. The van der Waals surface area contributed by atoms with Crippen LogP contribution in [0.25, 0.3) is 0 Å². The first-order chi connectivity index (χ1) is 9.08. The highest BCUT2D eigenvalue weighted by Gasteiger charge is 2.06. The van der Waals surface area contributed by atoms with E-state index in [1.54, 1.807) is 6.20 Å². The average molecular weight is 254 g/mol. The monoisotopic (exact) mass is 254 g/mol. The topological polar surface area (TPSA) is 66.0 Å². The largest absolute Gasteiger partial charge is 0.382 e. The molecule has 2 aromatic rings. The summed E-state index contributed by atoms with van der Waals surface area (Å²) >= 11 is 0. The number of benzene rings is 1. The molecule has 3 N–H and O–H groups in total. The van der Waals surface area contributed by atoms with Crippen LogP contribution in [0.3, 0.4) is 0 Å². The molecule has 0 aliphatic heterocycles. The lowest BCUT2D eigenvalue weighted by molar-refractivity contribution is 0.911. The number of pyridine rings is 1. The fourth-order valence-electron chi connectivity index (χ4n) is 1.94. The van der Waals surface area contributed by atoms with Crippen molar-refractivity contribution in [3.05, 3.63) is 59.4 Å². The van der Waals surface area contributed by atoms with Crippen molar-refractivity contribution in [1.29, 1.82) is 5.41 Å². The zero-order valence-corrected chi connectivity index (χ0v) is 11.2. The summed E-state index contributed by atoms with van der Waals surface area (Å²) in [6.45, 7) is 2.92. The smallest absolute Gasteiger partial charge is 0.141 e. The van der Waals surface area contributed by atoms with Crippen molar-refractivity contribution in [2.75, 3.05) is 11.9 Å². The van der Waals surface area contributed by atoms with Crippen molar-refractivity contribution in [3.8, 4) is 0 Å². The van der Waals surface area contributed by atoms with E-state index in [4.69, 9.17) is 11.1 Å². The van der Waals surface area contributed by atoms with Gasteiger partial charge in [0.1, 0.15) is 11.5 Å². The first-order valence-electron chi connectivity index (χ1n) is 6.14. The number of nitrogen functional groups attached to an aromatic ring is 1. The third kappa shape index (κ3) is 3.10. The van der Waals surface area contributed by atoms with E-state index in [-0.39, 0.29) is 5.84 Å². The Bertz CT molecular complexity index is 592. The van der Waals surface area contributed by atoms with E-state index in [1.165, 1.54) is 11.1 Å². The Hall–Kier alpha value is -2.36. The molecule has 1 heterocycles. The molecule has 0 atom stereocenters. The summed E-state index contributed by atoms with van der Waals surface area (Å²) in [6, 6.07) is 12.1. The molecule has 0 fully saturated rings. The lowest BCUT2D eigenvalue weighted by Gasteiger charge is -2.20. The third-order valence-electron chi connectivity index (χ3n) is 3.13. The van der Waals surface area contributed by atoms with Crippen LogP contribution in [0.1, 0.15) is 16.8 Å².